The first-order valence-corrected chi connectivity index (χ1v) is 12.9. The minimum absolute atomic E-state index is 0.0572. The van der Waals surface area contributed by atoms with E-state index in [4.69, 9.17) is 16.3 Å². The van der Waals surface area contributed by atoms with Crippen molar-refractivity contribution in [3.8, 4) is 11.3 Å². The Bertz CT molecular complexity index is 1540. The van der Waals surface area contributed by atoms with Gasteiger partial charge in [-0.15, -0.1) is 0 Å². The topological polar surface area (TPSA) is 58.6 Å². The van der Waals surface area contributed by atoms with E-state index in [1.807, 2.05) is 20.8 Å². The van der Waals surface area contributed by atoms with Crippen molar-refractivity contribution < 1.29 is 18.3 Å². The van der Waals surface area contributed by atoms with E-state index < -0.39 is 17.2 Å². The van der Waals surface area contributed by atoms with E-state index in [9.17, 15) is 9.18 Å². The van der Waals surface area contributed by atoms with E-state index in [-0.39, 0.29) is 34.4 Å². The number of pyridine rings is 1. The summed E-state index contributed by atoms with van der Waals surface area (Å²) in [5, 5.41) is 2.50. The maximum Gasteiger partial charge on any atom is 0.410 e. The monoisotopic (exact) mass is 528 g/mol. The fraction of sp³-hybridized carbons (Fsp3) is 0.346. The molecule has 2 aliphatic rings. The molecule has 2 saturated heterocycles. The van der Waals surface area contributed by atoms with E-state index in [0.29, 0.717) is 34.8 Å². The van der Waals surface area contributed by atoms with Gasteiger partial charge in [0.15, 0.2) is 5.82 Å². The normalized spacial score (nSPS) is 19.6. The lowest BCUT2D eigenvalue weighted by atomic mass is 9.97. The lowest BCUT2D eigenvalue weighted by Crippen LogP contribution is -2.63. The van der Waals surface area contributed by atoms with Crippen molar-refractivity contribution in [3.63, 3.8) is 0 Å². The zero-order valence-corrected chi connectivity index (χ0v) is 21.5. The van der Waals surface area contributed by atoms with Gasteiger partial charge in [-0.2, -0.15) is 4.37 Å². The summed E-state index contributed by atoms with van der Waals surface area (Å²) in [5.74, 6) is -1.14. The Balaban J connectivity index is 1.32. The fourth-order valence-electron chi connectivity index (χ4n) is 5.16. The number of amides is 1. The van der Waals surface area contributed by atoms with Crippen LogP contribution >= 0.6 is 23.1 Å². The number of anilines is 1. The zero-order chi connectivity index (χ0) is 25.4. The van der Waals surface area contributed by atoms with Crippen LogP contribution in [0.15, 0.2) is 36.5 Å². The number of carbonyl (C=O) groups is 1. The Hall–Kier alpha value is -3.04. The van der Waals surface area contributed by atoms with Crippen LogP contribution in [-0.2, 0) is 4.74 Å². The number of fused-ring (bicyclic) bond motifs is 3. The van der Waals surface area contributed by atoms with Crippen molar-refractivity contribution in [2.24, 2.45) is 0 Å². The number of halogens is 3. The third kappa shape index (κ3) is 3.59. The molecule has 6 nitrogen and oxygen atoms in total. The Morgan fingerprint density at radius 1 is 1.19 bits per heavy atom. The third-order valence-corrected chi connectivity index (χ3v) is 8.09. The van der Waals surface area contributed by atoms with Crippen LogP contribution < -0.4 is 4.90 Å². The second kappa shape index (κ2) is 8.24. The van der Waals surface area contributed by atoms with E-state index in [1.54, 1.807) is 35.4 Å². The molecule has 0 bridgehead atoms. The molecule has 0 spiro atoms. The fourth-order valence-corrected chi connectivity index (χ4v) is 6.36. The Kier molecular flexibility index (Phi) is 5.35. The van der Waals surface area contributed by atoms with Crippen LogP contribution in [0.5, 0.6) is 0 Å². The number of benzene rings is 2. The maximum absolute atomic E-state index is 15.8. The molecule has 6 rings (SSSR count). The van der Waals surface area contributed by atoms with Gasteiger partial charge in [0.05, 0.1) is 22.5 Å². The smallest absolute Gasteiger partial charge is 0.410 e. The van der Waals surface area contributed by atoms with E-state index >= 15 is 4.39 Å². The van der Waals surface area contributed by atoms with Crippen LogP contribution in [0.4, 0.5) is 18.6 Å². The first-order chi connectivity index (χ1) is 17.1. The average Bonchev–Trinajstić information content (AvgIpc) is 3.37. The Morgan fingerprint density at radius 3 is 2.78 bits per heavy atom. The van der Waals surface area contributed by atoms with E-state index in [2.05, 4.69) is 14.3 Å². The van der Waals surface area contributed by atoms with Gasteiger partial charge in [0.2, 0.25) is 0 Å². The van der Waals surface area contributed by atoms with Crippen LogP contribution in [0.3, 0.4) is 0 Å². The zero-order valence-electron chi connectivity index (χ0n) is 19.9. The van der Waals surface area contributed by atoms with Gasteiger partial charge in [-0.25, -0.2) is 13.6 Å². The molecule has 0 unspecified atom stereocenters. The quantitative estimate of drug-likeness (QED) is 0.292. The summed E-state index contributed by atoms with van der Waals surface area (Å²) in [6.07, 6.45) is 2.12. The van der Waals surface area contributed by atoms with Crippen LogP contribution in [0.2, 0.25) is 5.02 Å². The number of hydrogen-bond acceptors (Lipinski definition) is 6. The van der Waals surface area contributed by atoms with Crippen molar-refractivity contribution in [2.75, 3.05) is 18.0 Å². The number of ether oxygens (including phenoxy) is 1. The number of hydrogen-bond donors (Lipinski definition) is 0. The second-order valence-corrected chi connectivity index (χ2v) is 11.3. The lowest BCUT2D eigenvalue weighted by molar-refractivity contribution is 0.0194. The van der Waals surface area contributed by atoms with Crippen LogP contribution in [0.1, 0.15) is 27.2 Å². The molecule has 2 atom stereocenters. The van der Waals surface area contributed by atoms with Gasteiger partial charge in [0, 0.05) is 30.2 Å². The lowest BCUT2D eigenvalue weighted by Gasteiger charge is -2.47. The highest BCUT2D eigenvalue weighted by molar-refractivity contribution is 7.11. The number of carbonyl (C=O) groups excluding carboxylic acids is 1. The molecule has 0 radical (unpaired) electrons. The second-order valence-electron chi connectivity index (χ2n) is 10.2. The predicted octanol–water partition coefficient (Wildman–Crippen LogP) is 6.64. The van der Waals surface area contributed by atoms with E-state index in [1.165, 1.54) is 17.6 Å². The number of rotatable bonds is 2. The van der Waals surface area contributed by atoms with Gasteiger partial charge in [0.25, 0.3) is 0 Å². The van der Waals surface area contributed by atoms with Gasteiger partial charge >= 0.3 is 6.09 Å². The SMILES string of the molecule is CC(C)(C)OC(=O)N1CC[C@@H]2[C@H]1CN2c1snc2c(F)c(-c3cccc4ccc(F)c(Cl)c34)ncc12. The first kappa shape index (κ1) is 23.4. The van der Waals surface area contributed by atoms with Gasteiger partial charge in [0.1, 0.15) is 27.6 Å². The van der Waals surface area contributed by atoms with Crippen LogP contribution in [0, 0.1) is 11.6 Å². The molecule has 1 amide bonds. The Morgan fingerprint density at radius 2 is 2.00 bits per heavy atom. The number of nitrogens with zero attached hydrogens (tertiary/aromatic N) is 4. The molecule has 36 heavy (non-hydrogen) atoms. The third-order valence-electron chi connectivity index (χ3n) is 6.82. The minimum Gasteiger partial charge on any atom is -0.444 e. The minimum atomic E-state index is -0.571. The van der Waals surface area contributed by atoms with Crippen molar-refractivity contribution in [2.45, 2.75) is 44.9 Å². The molecule has 4 aromatic rings. The molecule has 0 N–H and O–H groups in total. The maximum atomic E-state index is 15.8. The van der Waals surface area contributed by atoms with Crippen molar-refractivity contribution in [3.05, 3.63) is 53.2 Å². The largest absolute Gasteiger partial charge is 0.444 e. The molecule has 2 aromatic heterocycles. The molecular weight excluding hydrogens is 506 g/mol. The summed E-state index contributed by atoms with van der Waals surface area (Å²) >= 11 is 7.48. The van der Waals surface area contributed by atoms with Gasteiger partial charge in [-0.05, 0) is 50.2 Å². The molecule has 2 aliphatic heterocycles. The molecule has 2 fully saturated rings. The summed E-state index contributed by atoms with van der Waals surface area (Å²) in [6, 6.07) is 8.33. The molecule has 186 valence electrons. The summed E-state index contributed by atoms with van der Waals surface area (Å²) < 4.78 is 39.9. The molecule has 4 heterocycles. The highest BCUT2D eigenvalue weighted by Gasteiger charge is 2.50. The molecule has 2 aromatic carbocycles. The van der Waals surface area contributed by atoms with Gasteiger partial charge in [-0.1, -0.05) is 35.9 Å². The number of likely N-dealkylation sites (tertiary alicyclic amines) is 1. The summed E-state index contributed by atoms with van der Waals surface area (Å²) in [5.41, 5.74) is 0.164. The van der Waals surface area contributed by atoms with Crippen molar-refractivity contribution in [1.29, 1.82) is 0 Å². The Labute approximate surface area is 215 Å². The summed E-state index contributed by atoms with van der Waals surface area (Å²) in [7, 11) is 0. The van der Waals surface area contributed by atoms with Crippen molar-refractivity contribution in [1.82, 2.24) is 14.3 Å². The first-order valence-electron chi connectivity index (χ1n) is 11.7. The van der Waals surface area contributed by atoms with Crippen molar-refractivity contribution >= 4 is 55.9 Å². The van der Waals surface area contributed by atoms with E-state index in [0.717, 1.165) is 11.4 Å². The number of aromatic nitrogens is 2. The summed E-state index contributed by atoms with van der Waals surface area (Å²) in [4.78, 5) is 21.0. The van der Waals surface area contributed by atoms with Crippen LogP contribution in [-0.4, -0.2) is 51.1 Å². The molecular formula is C26H23ClF2N4O2S. The molecule has 0 aliphatic carbocycles. The molecule has 0 saturated carbocycles. The average molecular weight is 529 g/mol. The highest BCUT2D eigenvalue weighted by Crippen LogP contribution is 2.44. The molecule has 10 heteroatoms. The summed E-state index contributed by atoms with van der Waals surface area (Å²) in [6.45, 7) is 6.81. The van der Waals surface area contributed by atoms with Crippen LogP contribution in [0.25, 0.3) is 32.9 Å². The van der Waals surface area contributed by atoms with Gasteiger partial charge in [-0.3, -0.25) is 4.98 Å². The predicted molar refractivity (Wildman–Crippen MR) is 138 cm³/mol. The standard InChI is InChI=1S/C26H23ClF2N4O2S/c1-26(2,3)35-25(34)32-10-9-17-18(32)12-33(17)24-15-11-30-22(21(29)23(15)31-36-24)14-6-4-5-13-7-8-16(28)20(27)19(13)14/h4-8,11,17-18H,9-10,12H2,1-3H3/t17-,18-/m1/s1. The highest BCUT2D eigenvalue weighted by atomic mass is 35.5. The van der Waals surface area contributed by atoms with Gasteiger partial charge < -0.3 is 14.5 Å².